The highest BCUT2D eigenvalue weighted by Gasteiger charge is 2.12. The third kappa shape index (κ3) is 4.58. The Morgan fingerprint density at radius 1 is 1.29 bits per heavy atom. The van der Waals surface area contributed by atoms with E-state index in [0.717, 1.165) is 4.31 Å². The molecule has 1 amide bonds. The van der Waals surface area contributed by atoms with Crippen molar-refractivity contribution in [2.75, 3.05) is 9.62 Å². The van der Waals surface area contributed by atoms with Crippen molar-refractivity contribution in [3.63, 3.8) is 0 Å². The molecule has 8 heteroatoms. The average molecular weight is 366 g/mol. The Morgan fingerprint density at radius 3 is 2.54 bits per heavy atom. The van der Waals surface area contributed by atoms with Crippen LogP contribution in [0.15, 0.2) is 54.7 Å². The second-order valence-electron chi connectivity index (χ2n) is 4.72. The van der Waals surface area contributed by atoms with Crippen LogP contribution < -0.4 is 9.62 Å². The molecule has 2 N–H and O–H groups in total. The number of halogens is 1. The van der Waals surface area contributed by atoms with Crippen LogP contribution >= 0.6 is 11.6 Å². The SMILES string of the molecule is CC=CN(c1cc(O)cc(C(=O)Nc2ccc(Cl)cc2)c1)S(=O)[O-]. The molecule has 0 bridgehead atoms. The van der Waals surface area contributed by atoms with Gasteiger partial charge < -0.3 is 15.0 Å². The van der Waals surface area contributed by atoms with E-state index in [1.807, 2.05) is 0 Å². The Bertz CT molecular complexity index is 793. The van der Waals surface area contributed by atoms with Gasteiger partial charge in [-0.05, 0) is 43.3 Å². The van der Waals surface area contributed by atoms with Gasteiger partial charge in [0.25, 0.3) is 5.91 Å². The Labute approximate surface area is 146 Å². The maximum Gasteiger partial charge on any atom is 0.255 e. The monoisotopic (exact) mass is 365 g/mol. The van der Waals surface area contributed by atoms with Crippen molar-refractivity contribution in [3.05, 3.63) is 65.3 Å². The summed E-state index contributed by atoms with van der Waals surface area (Å²) in [5, 5.41) is 13.0. The molecule has 24 heavy (non-hydrogen) atoms. The average Bonchev–Trinajstić information content (AvgIpc) is 2.53. The number of hydrogen-bond donors (Lipinski definition) is 2. The molecule has 0 aliphatic rings. The minimum Gasteiger partial charge on any atom is -0.755 e. The number of carbonyl (C=O) groups is 1. The lowest BCUT2D eigenvalue weighted by Crippen LogP contribution is -2.19. The van der Waals surface area contributed by atoms with Gasteiger partial charge in [-0.1, -0.05) is 17.7 Å². The van der Waals surface area contributed by atoms with Gasteiger partial charge in [0.15, 0.2) is 0 Å². The molecule has 2 aromatic carbocycles. The molecule has 126 valence electrons. The molecule has 0 saturated carbocycles. The molecular weight excluding hydrogens is 352 g/mol. The van der Waals surface area contributed by atoms with Gasteiger partial charge in [0.2, 0.25) is 0 Å². The van der Waals surface area contributed by atoms with Crippen molar-refractivity contribution in [2.45, 2.75) is 6.92 Å². The highest BCUT2D eigenvalue weighted by molar-refractivity contribution is 7.80. The summed E-state index contributed by atoms with van der Waals surface area (Å²) in [6, 6.07) is 10.4. The van der Waals surface area contributed by atoms with Gasteiger partial charge in [0.1, 0.15) is 5.75 Å². The van der Waals surface area contributed by atoms with Gasteiger partial charge in [-0.25, -0.2) is 0 Å². The Balaban J connectivity index is 2.31. The number of phenols is 1. The fourth-order valence-electron chi connectivity index (χ4n) is 1.95. The number of carbonyl (C=O) groups excluding carboxylic acids is 1. The molecule has 0 saturated heterocycles. The molecule has 0 aliphatic carbocycles. The number of aromatic hydroxyl groups is 1. The predicted octanol–water partition coefficient (Wildman–Crippen LogP) is 3.43. The van der Waals surface area contributed by atoms with Crippen molar-refractivity contribution < 1.29 is 18.7 Å². The number of nitrogens with one attached hydrogen (secondary N) is 1. The fourth-order valence-corrected chi connectivity index (χ4v) is 2.57. The van der Waals surface area contributed by atoms with Gasteiger partial charge in [0, 0.05) is 28.5 Å². The molecule has 2 rings (SSSR count). The third-order valence-corrected chi connectivity index (χ3v) is 3.87. The van der Waals surface area contributed by atoms with Crippen LogP contribution in [0.4, 0.5) is 11.4 Å². The van der Waals surface area contributed by atoms with E-state index < -0.39 is 17.2 Å². The maximum absolute atomic E-state index is 12.3. The van der Waals surface area contributed by atoms with Crippen molar-refractivity contribution >= 4 is 40.1 Å². The van der Waals surface area contributed by atoms with Crippen LogP contribution in [0.3, 0.4) is 0 Å². The third-order valence-electron chi connectivity index (χ3n) is 2.97. The number of amides is 1. The molecule has 0 radical (unpaired) electrons. The zero-order valence-corrected chi connectivity index (χ0v) is 14.2. The van der Waals surface area contributed by atoms with Crippen molar-refractivity contribution in [2.24, 2.45) is 0 Å². The topological polar surface area (TPSA) is 92.7 Å². The first kappa shape index (κ1) is 18.0. The number of benzene rings is 2. The largest absolute Gasteiger partial charge is 0.755 e. The summed E-state index contributed by atoms with van der Waals surface area (Å²) >= 11 is 3.20. The molecule has 1 unspecified atom stereocenters. The normalized spacial score (nSPS) is 12.1. The van der Waals surface area contributed by atoms with E-state index in [2.05, 4.69) is 5.32 Å². The molecule has 1 atom stereocenters. The van der Waals surface area contributed by atoms with E-state index in [0.29, 0.717) is 10.7 Å². The second kappa shape index (κ2) is 7.96. The summed E-state index contributed by atoms with van der Waals surface area (Å²) in [5.41, 5.74) is 0.773. The van der Waals surface area contributed by atoms with Crippen LogP contribution in [0.25, 0.3) is 0 Å². The summed E-state index contributed by atoms with van der Waals surface area (Å²) in [4.78, 5) is 12.3. The van der Waals surface area contributed by atoms with Gasteiger partial charge in [-0.15, -0.1) is 0 Å². The number of allylic oxidation sites excluding steroid dienone is 1. The van der Waals surface area contributed by atoms with Gasteiger partial charge in [0.05, 0.1) is 17.0 Å². The van der Waals surface area contributed by atoms with Crippen LogP contribution in [0, 0.1) is 0 Å². The predicted molar refractivity (Wildman–Crippen MR) is 93.7 cm³/mol. The zero-order valence-electron chi connectivity index (χ0n) is 12.6. The van der Waals surface area contributed by atoms with Crippen LogP contribution in [-0.2, 0) is 11.3 Å². The van der Waals surface area contributed by atoms with E-state index in [4.69, 9.17) is 11.6 Å². The summed E-state index contributed by atoms with van der Waals surface area (Å²) in [6.07, 6.45) is 2.83. The summed E-state index contributed by atoms with van der Waals surface area (Å²) in [6.45, 7) is 1.65. The molecule has 6 nitrogen and oxygen atoms in total. The molecule has 0 spiro atoms. The van der Waals surface area contributed by atoms with E-state index in [9.17, 15) is 18.7 Å². The van der Waals surface area contributed by atoms with E-state index >= 15 is 0 Å². The molecule has 2 aromatic rings. The first-order chi connectivity index (χ1) is 11.4. The number of phenolic OH excluding ortho intramolecular Hbond substituents is 1. The minimum absolute atomic E-state index is 0.111. The highest BCUT2D eigenvalue weighted by atomic mass is 35.5. The molecular formula is C16H14ClN2O4S-. The fraction of sp³-hybridized carbons (Fsp3) is 0.0625. The molecule has 0 heterocycles. The lowest BCUT2D eigenvalue weighted by atomic mass is 10.1. The van der Waals surface area contributed by atoms with Crippen LogP contribution in [0.1, 0.15) is 17.3 Å². The van der Waals surface area contributed by atoms with Crippen LogP contribution in [-0.4, -0.2) is 19.8 Å². The number of anilines is 2. The lowest BCUT2D eigenvalue weighted by Gasteiger charge is -2.23. The van der Waals surface area contributed by atoms with Gasteiger partial charge in [-0.3, -0.25) is 13.3 Å². The van der Waals surface area contributed by atoms with Crippen LogP contribution in [0.5, 0.6) is 5.75 Å². The second-order valence-corrected chi connectivity index (χ2v) is 5.99. The molecule has 0 fully saturated rings. The quantitative estimate of drug-likeness (QED) is 0.794. The number of hydrogen-bond acceptors (Lipinski definition) is 4. The summed E-state index contributed by atoms with van der Waals surface area (Å²) in [7, 11) is 0. The number of nitrogens with zero attached hydrogens (tertiary/aromatic N) is 1. The van der Waals surface area contributed by atoms with Crippen LogP contribution in [0.2, 0.25) is 5.02 Å². The van der Waals surface area contributed by atoms with E-state index in [1.165, 1.54) is 30.5 Å². The maximum atomic E-state index is 12.3. The van der Waals surface area contributed by atoms with Crippen molar-refractivity contribution in [3.8, 4) is 5.75 Å². The van der Waals surface area contributed by atoms with E-state index in [-0.39, 0.29) is 17.0 Å². The van der Waals surface area contributed by atoms with Crippen molar-refractivity contribution in [1.82, 2.24) is 0 Å². The highest BCUT2D eigenvalue weighted by Crippen LogP contribution is 2.25. The first-order valence-electron chi connectivity index (χ1n) is 6.83. The molecule has 0 aromatic heterocycles. The van der Waals surface area contributed by atoms with Crippen molar-refractivity contribution in [1.29, 1.82) is 0 Å². The lowest BCUT2D eigenvalue weighted by molar-refractivity contribution is 0.102. The van der Waals surface area contributed by atoms with Gasteiger partial charge in [-0.2, -0.15) is 0 Å². The Morgan fingerprint density at radius 2 is 1.96 bits per heavy atom. The zero-order chi connectivity index (χ0) is 17.7. The standard InChI is InChI=1S/C16H15ClN2O4S/c1-2-7-19(24(22)23)14-8-11(9-15(20)10-14)16(21)18-13-5-3-12(17)4-6-13/h2-10,20H,1H3,(H,18,21)(H,22,23)/p-1. The Hall–Kier alpha value is -2.35. The smallest absolute Gasteiger partial charge is 0.255 e. The van der Waals surface area contributed by atoms with E-state index in [1.54, 1.807) is 31.2 Å². The summed E-state index contributed by atoms with van der Waals surface area (Å²) < 4.78 is 23.5. The summed E-state index contributed by atoms with van der Waals surface area (Å²) in [5.74, 6) is -0.722. The first-order valence-corrected chi connectivity index (χ1v) is 8.24. The molecule has 0 aliphatic heterocycles. The number of rotatable bonds is 5. The van der Waals surface area contributed by atoms with Gasteiger partial charge >= 0.3 is 0 Å². The Kier molecular flexibility index (Phi) is 5.97. The minimum atomic E-state index is -2.59.